The zero-order valence-corrected chi connectivity index (χ0v) is 23.7. The van der Waals surface area contributed by atoms with E-state index in [-0.39, 0.29) is 11.1 Å². The van der Waals surface area contributed by atoms with Gasteiger partial charge in [0.25, 0.3) is 0 Å². The number of Topliss-reactive ketones (excluding diaryl/α,β-unsaturated/α-hetero) is 4. The van der Waals surface area contributed by atoms with Crippen LogP contribution in [0, 0.1) is 23.7 Å². The average Bonchev–Trinajstić information content (AvgIpc) is 2.84. The maximum atomic E-state index is 14.0. The number of aromatic hydroxyl groups is 1. The van der Waals surface area contributed by atoms with E-state index in [1.165, 1.54) is 43.3 Å². The van der Waals surface area contributed by atoms with Crippen molar-refractivity contribution in [2.24, 2.45) is 29.4 Å². The van der Waals surface area contributed by atoms with E-state index in [9.17, 15) is 44.1 Å². The predicted molar refractivity (Wildman–Crippen MR) is 144 cm³/mol. The molecule has 3 aliphatic rings. The molecule has 4 rings (SSSR count). The lowest BCUT2D eigenvalue weighted by atomic mass is 9.49. The van der Waals surface area contributed by atoms with Crippen LogP contribution in [0.5, 0.6) is 5.75 Å². The fourth-order valence-electron chi connectivity index (χ4n) is 6.72. The van der Waals surface area contributed by atoms with Crippen molar-refractivity contribution in [2.45, 2.75) is 56.9 Å². The molecule has 0 radical (unpaired) electrons. The molecule has 41 heavy (non-hydrogen) atoms. The van der Waals surface area contributed by atoms with Gasteiger partial charge in [0.1, 0.15) is 5.75 Å². The minimum Gasteiger partial charge on any atom is -0.507 e. The second-order valence-electron chi connectivity index (χ2n) is 12.4. The molecular weight excluding hydrogens is 534 g/mol. The van der Waals surface area contributed by atoms with Crippen molar-refractivity contribution in [1.29, 1.82) is 0 Å². The fourth-order valence-corrected chi connectivity index (χ4v) is 6.72. The van der Waals surface area contributed by atoms with Crippen molar-refractivity contribution in [1.82, 2.24) is 10.2 Å². The van der Waals surface area contributed by atoms with Crippen LogP contribution < -0.4 is 11.1 Å². The Bertz CT molecular complexity index is 1410. The van der Waals surface area contributed by atoms with Crippen LogP contribution in [0.2, 0.25) is 0 Å². The monoisotopic (exact) mass is 569 g/mol. The minimum atomic E-state index is -3.06. The topological polar surface area (TPSA) is 204 Å². The number of hydrogen-bond acceptors (Lipinski definition) is 10. The molecule has 0 aromatic heterocycles. The van der Waals surface area contributed by atoms with Gasteiger partial charge in [-0.1, -0.05) is 19.1 Å². The van der Waals surface area contributed by atoms with Gasteiger partial charge in [-0.2, -0.15) is 0 Å². The number of carbonyl (C=O) groups excluding carboxylic acids is 6. The van der Waals surface area contributed by atoms with E-state index in [1.807, 2.05) is 0 Å². The van der Waals surface area contributed by atoms with E-state index in [4.69, 9.17) is 5.73 Å². The van der Waals surface area contributed by atoms with Crippen LogP contribution in [0.4, 0.5) is 0 Å². The van der Waals surface area contributed by atoms with Crippen LogP contribution in [0.1, 0.15) is 55.1 Å². The predicted octanol–water partition coefficient (Wildman–Crippen LogP) is -0.673. The van der Waals surface area contributed by atoms with Crippen LogP contribution in [0.25, 0.3) is 6.08 Å². The molecule has 0 heterocycles. The van der Waals surface area contributed by atoms with Crippen LogP contribution in [-0.2, 0) is 24.0 Å². The van der Waals surface area contributed by atoms with Crippen LogP contribution in [0.15, 0.2) is 18.2 Å². The molecule has 2 fully saturated rings. The molecule has 8 atom stereocenters. The number of aliphatic hydroxyl groups excluding tert-OH is 1. The molecule has 0 spiro atoms. The summed E-state index contributed by atoms with van der Waals surface area (Å²) in [5.74, 6) is -14.4. The summed E-state index contributed by atoms with van der Waals surface area (Å²) in [5.41, 5.74) is 1.92. The molecule has 3 aliphatic carbocycles. The number of likely N-dealkylation sites (N-methyl/N-ethyl adjacent to an activating group) is 1. The molecule has 1 aromatic carbocycles. The Labute approximate surface area is 236 Å². The highest BCUT2D eigenvalue weighted by atomic mass is 16.3. The zero-order chi connectivity index (χ0) is 30.9. The molecule has 4 unspecified atom stereocenters. The summed E-state index contributed by atoms with van der Waals surface area (Å²) in [6.45, 7) is 7.00. The van der Waals surface area contributed by atoms with Crippen LogP contribution in [-0.4, -0.2) is 92.5 Å². The Hall–Kier alpha value is -3.74. The van der Waals surface area contributed by atoms with Crippen molar-refractivity contribution in [3.05, 3.63) is 34.9 Å². The average molecular weight is 570 g/mol. The highest BCUT2D eigenvalue weighted by molar-refractivity contribution is 6.32. The lowest BCUT2D eigenvalue weighted by molar-refractivity contribution is -0.196. The van der Waals surface area contributed by atoms with Gasteiger partial charge >= 0.3 is 0 Å². The van der Waals surface area contributed by atoms with E-state index in [2.05, 4.69) is 5.32 Å². The normalized spacial score (nSPS) is 33.4. The van der Waals surface area contributed by atoms with Gasteiger partial charge < -0.3 is 26.4 Å². The number of primary amides is 1. The van der Waals surface area contributed by atoms with Crippen molar-refractivity contribution in [2.75, 3.05) is 14.1 Å². The third-order valence-corrected chi connectivity index (χ3v) is 8.43. The first kappa shape index (κ1) is 30.2. The maximum Gasteiger partial charge on any atom is 0.244 e. The van der Waals surface area contributed by atoms with Crippen molar-refractivity contribution >= 4 is 41.0 Å². The number of nitrogens with two attached hydrogens (primary N) is 1. The number of benzene rings is 1. The smallest absolute Gasteiger partial charge is 0.244 e. The van der Waals surface area contributed by atoms with Gasteiger partial charge in [-0.3, -0.25) is 33.7 Å². The highest BCUT2D eigenvalue weighted by Gasteiger charge is 2.72. The third kappa shape index (κ3) is 4.50. The Balaban J connectivity index is 1.84. The second kappa shape index (κ2) is 9.97. The summed E-state index contributed by atoms with van der Waals surface area (Å²) in [7, 11) is 2.86. The van der Waals surface area contributed by atoms with Gasteiger partial charge in [0.15, 0.2) is 34.7 Å². The summed E-state index contributed by atoms with van der Waals surface area (Å²) in [6.07, 6.45) is 0.779. The Kier molecular flexibility index (Phi) is 7.35. The summed E-state index contributed by atoms with van der Waals surface area (Å²) >= 11 is 0. The number of rotatable bonds is 4. The van der Waals surface area contributed by atoms with E-state index in [1.54, 1.807) is 27.7 Å². The van der Waals surface area contributed by atoms with E-state index >= 15 is 0 Å². The van der Waals surface area contributed by atoms with E-state index in [0.717, 1.165) is 0 Å². The maximum absolute atomic E-state index is 14.0. The van der Waals surface area contributed by atoms with Gasteiger partial charge in [-0.05, 0) is 52.4 Å². The third-order valence-electron chi connectivity index (χ3n) is 8.43. The van der Waals surface area contributed by atoms with Crippen molar-refractivity contribution < 1.29 is 44.1 Å². The Morgan fingerprint density at radius 1 is 1.10 bits per heavy atom. The summed E-state index contributed by atoms with van der Waals surface area (Å²) in [5, 5.41) is 37.1. The van der Waals surface area contributed by atoms with Crippen LogP contribution in [0.3, 0.4) is 0 Å². The Morgan fingerprint density at radius 3 is 2.24 bits per heavy atom. The molecule has 6 N–H and O–H groups in total. The molecule has 2 amide bonds. The van der Waals surface area contributed by atoms with Gasteiger partial charge in [0.2, 0.25) is 11.8 Å². The molecule has 2 saturated carbocycles. The first-order valence-electron chi connectivity index (χ1n) is 13.2. The van der Waals surface area contributed by atoms with Gasteiger partial charge in [0.05, 0.1) is 29.5 Å². The first-order chi connectivity index (χ1) is 18.9. The number of nitrogens with zero attached hydrogens (tertiary/aromatic N) is 1. The standard InChI is InChI=1S/C29H35N3O9/c1-11-13-9-7-12(8-10-14(33)31-28(2,3)4)21(34)16(13)22(35)17-15(11)23(36)19-20(32(5)6)24(37)18(27(30)40)26(39)29(19,41)25(17)38/h7-11,15,17-20,23,34,36,41H,1-6H3,(H2,30,40)(H,31,33)/b10-8-/t11?,15-,17?,18?,19-,20+,23?,29+/m1/s1. The molecule has 220 valence electrons. The van der Waals surface area contributed by atoms with E-state index in [0.29, 0.717) is 5.56 Å². The minimum absolute atomic E-state index is 0.105. The van der Waals surface area contributed by atoms with Crippen molar-refractivity contribution in [3.63, 3.8) is 0 Å². The number of carbonyl (C=O) groups is 6. The number of aliphatic hydroxyl groups is 2. The number of fused-ring (bicyclic) bond motifs is 3. The largest absolute Gasteiger partial charge is 0.507 e. The van der Waals surface area contributed by atoms with Crippen molar-refractivity contribution in [3.8, 4) is 5.75 Å². The number of phenols is 1. The molecule has 12 nitrogen and oxygen atoms in total. The Morgan fingerprint density at radius 2 is 1.71 bits per heavy atom. The summed E-state index contributed by atoms with van der Waals surface area (Å²) < 4.78 is 0. The van der Waals surface area contributed by atoms with E-state index < -0.39 is 93.6 Å². The summed E-state index contributed by atoms with van der Waals surface area (Å²) in [6, 6.07) is 1.59. The fraction of sp³-hybridized carbons (Fsp3) is 0.517. The molecule has 0 saturated heterocycles. The molecular formula is C29H35N3O9. The first-order valence-corrected chi connectivity index (χ1v) is 13.2. The zero-order valence-electron chi connectivity index (χ0n) is 23.7. The quantitative estimate of drug-likeness (QED) is 0.228. The molecule has 0 bridgehead atoms. The molecule has 1 aromatic rings. The number of hydrogen-bond donors (Lipinski definition) is 5. The molecule has 0 aliphatic heterocycles. The highest BCUT2D eigenvalue weighted by Crippen LogP contribution is 2.54. The van der Waals surface area contributed by atoms with Gasteiger partial charge in [-0.25, -0.2) is 0 Å². The van der Waals surface area contributed by atoms with Gasteiger partial charge in [0, 0.05) is 23.1 Å². The number of ketones is 4. The number of amides is 2. The van der Waals surface area contributed by atoms with Crippen LogP contribution >= 0.6 is 0 Å². The van der Waals surface area contributed by atoms with Gasteiger partial charge in [-0.15, -0.1) is 0 Å². The lowest BCUT2D eigenvalue weighted by Crippen LogP contribution is -2.77. The number of phenolic OH excluding ortho intramolecular Hbond substituents is 1. The number of nitrogens with one attached hydrogen (secondary N) is 1. The SMILES string of the molecule is CC1c2ccc(/C=C\C(=O)NC(C)(C)C)c(O)c2C(=O)C2C(=O)[C@]3(O)C(=O)C(C(N)=O)C(=O)[C@@H](N(C)C)[C@@H]3C(O)[C@@H]21. The second-order valence-corrected chi connectivity index (χ2v) is 12.4. The molecule has 12 heteroatoms. The lowest BCUT2D eigenvalue weighted by Gasteiger charge is -2.56. The summed E-state index contributed by atoms with van der Waals surface area (Å²) in [4.78, 5) is 80.2.